The van der Waals surface area contributed by atoms with Gasteiger partial charge in [0.1, 0.15) is 5.01 Å². The fourth-order valence-electron chi connectivity index (χ4n) is 3.84. The highest BCUT2D eigenvalue weighted by Crippen LogP contribution is 2.36. The molecule has 3 heterocycles. The number of aryl methyl sites for hydroxylation is 1. The molecule has 31 heavy (non-hydrogen) atoms. The predicted octanol–water partition coefficient (Wildman–Crippen LogP) is 3.60. The highest BCUT2D eigenvalue weighted by Gasteiger charge is 2.34. The number of ether oxygens (including phenoxy) is 2. The molecular formula is C22H20N4O4S. The Labute approximate surface area is 182 Å². The lowest BCUT2D eigenvalue weighted by molar-refractivity contribution is -0.117. The maximum Gasteiger partial charge on any atom is 0.257 e. The highest BCUT2D eigenvalue weighted by molar-refractivity contribution is 7.15. The Morgan fingerprint density at radius 3 is 2.90 bits per heavy atom. The smallest absolute Gasteiger partial charge is 0.257 e. The van der Waals surface area contributed by atoms with Gasteiger partial charge < -0.3 is 14.4 Å². The van der Waals surface area contributed by atoms with Crippen molar-refractivity contribution < 1.29 is 19.1 Å². The number of carbonyl (C=O) groups is 2. The van der Waals surface area contributed by atoms with E-state index in [0.29, 0.717) is 35.2 Å². The van der Waals surface area contributed by atoms with E-state index in [4.69, 9.17) is 9.47 Å². The molecule has 0 unspecified atom stereocenters. The largest absolute Gasteiger partial charge is 0.454 e. The molecule has 0 saturated carbocycles. The van der Waals surface area contributed by atoms with Crippen molar-refractivity contribution in [3.63, 3.8) is 0 Å². The third-order valence-electron chi connectivity index (χ3n) is 5.43. The molecule has 5 rings (SSSR count). The predicted molar refractivity (Wildman–Crippen MR) is 116 cm³/mol. The highest BCUT2D eigenvalue weighted by atomic mass is 32.1. The molecule has 0 bridgehead atoms. The first-order chi connectivity index (χ1) is 15.1. The Hall–Kier alpha value is -3.46. The minimum absolute atomic E-state index is 0.0499. The van der Waals surface area contributed by atoms with Crippen LogP contribution in [-0.4, -0.2) is 35.3 Å². The van der Waals surface area contributed by atoms with Crippen LogP contribution in [0.1, 0.15) is 40.2 Å². The first-order valence-electron chi connectivity index (χ1n) is 10.0. The zero-order valence-corrected chi connectivity index (χ0v) is 17.6. The van der Waals surface area contributed by atoms with Gasteiger partial charge in [-0.25, -0.2) is 0 Å². The summed E-state index contributed by atoms with van der Waals surface area (Å²) >= 11 is 1.30. The van der Waals surface area contributed by atoms with Gasteiger partial charge in [-0.3, -0.25) is 14.9 Å². The van der Waals surface area contributed by atoms with E-state index in [1.807, 2.05) is 29.2 Å². The monoisotopic (exact) mass is 436 g/mol. The van der Waals surface area contributed by atoms with E-state index in [-0.39, 0.29) is 24.5 Å². The molecule has 2 amide bonds. The minimum atomic E-state index is -0.304. The van der Waals surface area contributed by atoms with Gasteiger partial charge in [-0.1, -0.05) is 36.5 Å². The molecule has 3 aromatic rings. The van der Waals surface area contributed by atoms with Crippen LogP contribution in [0, 0.1) is 0 Å². The van der Waals surface area contributed by atoms with Crippen molar-refractivity contribution in [3.8, 4) is 11.5 Å². The zero-order chi connectivity index (χ0) is 21.4. The first kappa shape index (κ1) is 19.5. The molecule has 8 nitrogen and oxygen atoms in total. The van der Waals surface area contributed by atoms with E-state index >= 15 is 0 Å². The van der Waals surface area contributed by atoms with Crippen LogP contribution < -0.4 is 19.7 Å². The number of benzene rings is 2. The Kier molecular flexibility index (Phi) is 5.03. The lowest BCUT2D eigenvalue weighted by Gasteiger charge is -2.19. The number of nitrogens with zero attached hydrogens (tertiary/aromatic N) is 3. The van der Waals surface area contributed by atoms with Gasteiger partial charge in [0.05, 0.1) is 0 Å². The van der Waals surface area contributed by atoms with Gasteiger partial charge in [0.2, 0.25) is 17.8 Å². The number of rotatable bonds is 5. The average molecular weight is 436 g/mol. The average Bonchev–Trinajstić information content (AvgIpc) is 3.52. The topological polar surface area (TPSA) is 93.7 Å². The maximum atomic E-state index is 12.7. The molecule has 0 radical (unpaired) electrons. The number of hydrogen-bond acceptors (Lipinski definition) is 7. The Balaban J connectivity index is 1.28. The molecule has 1 fully saturated rings. The summed E-state index contributed by atoms with van der Waals surface area (Å²) in [5.41, 5.74) is 2.54. The van der Waals surface area contributed by atoms with Crippen LogP contribution >= 0.6 is 11.3 Å². The third kappa shape index (κ3) is 3.72. The summed E-state index contributed by atoms with van der Waals surface area (Å²) < 4.78 is 10.6. The van der Waals surface area contributed by atoms with Crippen LogP contribution in [0.25, 0.3) is 0 Å². The molecule has 0 aliphatic carbocycles. The molecule has 1 atom stereocenters. The summed E-state index contributed by atoms with van der Waals surface area (Å²) in [6, 6.07) is 13.0. The standard InChI is InChI=1S/C22H20N4O4S/c1-2-13-5-3-4-6-16(13)26-11-15(10-19(26)27)21-24-25-22(31-21)23-20(28)14-7-8-17-18(9-14)30-12-29-17/h3-9,15H,2,10-12H2,1H3,(H,23,25,28)/t15-/m0/s1. The summed E-state index contributed by atoms with van der Waals surface area (Å²) in [5.74, 6) is 0.887. The second kappa shape index (κ2) is 7.99. The molecule has 2 aliphatic heterocycles. The van der Waals surface area contributed by atoms with Crippen LogP contribution in [0.3, 0.4) is 0 Å². The molecular weight excluding hydrogens is 416 g/mol. The number of hydrogen-bond donors (Lipinski definition) is 1. The van der Waals surface area contributed by atoms with E-state index in [9.17, 15) is 9.59 Å². The number of nitrogens with one attached hydrogen (secondary N) is 1. The number of anilines is 2. The van der Waals surface area contributed by atoms with Crippen LogP contribution in [0.4, 0.5) is 10.8 Å². The van der Waals surface area contributed by atoms with Gasteiger partial charge in [-0.05, 0) is 36.2 Å². The van der Waals surface area contributed by atoms with Crippen molar-refractivity contribution >= 4 is 34.0 Å². The fourth-order valence-corrected chi connectivity index (χ4v) is 4.67. The van der Waals surface area contributed by atoms with Gasteiger partial charge in [0, 0.05) is 30.1 Å². The second-order valence-electron chi connectivity index (χ2n) is 7.36. The van der Waals surface area contributed by atoms with E-state index in [1.165, 1.54) is 11.3 Å². The number of para-hydroxylation sites is 1. The third-order valence-corrected chi connectivity index (χ3v) is 6.43. The Morgan fingerprint density at radius 1 is 1.19 bits per heavy atom. The van der Waals surface area contributed by atoms with Crippen LogP contribution in [0.15, 0.2) is 42.5 Å². The Bertz CT molecular complexity index is 1160. The van der Waals surface area contributed by atoms with Crippen LogP contribution in [0.2, 0.25) is 0 Å². The molecule has 2 aliphatic rings. The first-order valence-corrected chi connectivity index (χ1v) is 10.9. The van der Waals surface area contributed by atoms with Crippen molar-refractivity contribution in [2.24, 2.45) is 0 Å². The van der Waals surface area contributed by atoms with Crippen molar-refractivity contribution in [1.82, 2.24) is 10.2 Å². The van der Waals surface area contributed by atoms with Crippen molar-refractivity contribution in [1.29, 1.82) is 0 Å². The van der Waals surface area contributed by atoms with Crippen LogP contribution in [0.5, 0.6) is 11.5 Å². The van der Waals surface area contributed by atoms with E-state index < -0.39 is 0 Å². The van der Waals surface area contributed by atoms with Gasteiger partial charge >= 0.3 is 0 Å². The number of carbonyl (C=O) groups excluding carboxylic acids is 2. The summed E-state index contributed by atoms with van der Waals surface area (Å²) in [4.78, 5) is 27.1. The number of amides is 2. The molecule has 2 aromatic carbocycles. The van der Waals surface area contributed by atoms with Gasteiger partial charge in [0.15, 0.2) is 11.5 Å². The van der Waals surface area contributed by atoms with Crippen molar-refractivity contribution in [3.05, 3.63) is 58.6 Å². The molecule has 1 aromatic heterocycles. The molecule has 1 saturated heterocycles. The summed E-state index contributed by atoms with van der Waals surface area (Å²) in [5, 5.41) is 12.3. The maximum absolute atomic E-state index is 12.7. The summed E-state index contributed by atoms with van der Waals surface area (Å²) in [7, 11) is 0. The van der Waals surface area contributed by atoms with Crippen LogP contribution in [-0.2, 0) is 11.2 Å². The SMILES string of the molecule is CCc1ccccc1N1C[C@@H](c2nnc(NC(=O)c3ccc4c(c3)OCO4)s2)CC1=O. The van der Waals surface area contributed by atoms with Crippen molar-refractivity contribution in [2.45, 2.75) is 25.7 Å². The van der Waals surface area contributed by atoms with Gasteiger partial charge in [-0.15, -0.1) is 10.2 Å². The number of fused-ring (bicyclic) bond motifs is 1. The van der Waals surface area contributed by atoms with Gasteiger partial charge in [0.25, 0.3) is 5.91 Å². The number of aromatic nitrogens is 2. The second-order valence-corrected chi connectivity index (χ2v) is 8.36. The lowest BCUT2D eigenvalue weighted by atomic mass is 10.1. The molecule has 0 spiro atoms. The quantitative estimate of drug-likeness (QED) is 0.657. The zero-order valence-electron chi connectivity index (χ0n) is 16.8. The summed E-state index contributed by atoms with van der Waals surface area (Å²) in [6.45, 7) is 2.79. The van der Waals surface area contributed by atoms with Crippen molar-refractivity contribution in [2.75, 3.05) is 23.6 Å². The summed E-state index contributed by atoms with van der Waals surface area (Å²) in [6.07, 6.45) is 1.24. The van der Waals surface area contributed by atoms with E-state index in [0.717, 1.165) is 22.7 Å². The normalized spacial score (nSPS) is 17.3. The van der Waals surface area contributed by atoms with E-state index in [2.05, 4.69) is 22.4 Å². The van der Waals surface area contributed by atoms with Gasteiger partial charge in [-0.2, -0.15) is 0 Å². The molecule has 9 heteroatoms. The minimum Gasteiger partial charge on any atom is -0.454 e. The lowest BCUT2D eigenvalue weighted by Crippen LogP contribution is -2.25. The van der Waals surface area contributed by atoms with E-state index in [1.54, 1.807) is 18.2 Å². The molecule has 1 N–H and O–H groups in total. The fraction of sp³-hybridized carbons (Fsp3) is 0.273. The Morgan fingerprint density at radius 2 is 2.03 bits per heavy atom. The molecule has 158 valence electrons.